The number of likely N-dealkylation sites (N-methyl/N-ethyl adjacent to an activating group) is 1. The second-order valence-corrected chi connectivity index (χ2v) is 5.72. The quantitative estimate of drug-likeness (QED) is 0.778. The highest BCUT2D eigenvalue weighted by Crippen LogP contribution is 2.51. The van der Waals surface area contributed by atoms with Gasteiger partial charge in [0.15, 0.2) is 0 Å². The highest BCUT2D eigenvalue weighted by Gasteiger charge is 2.49. The highest BCUT2D eigenvalue weighted by atomic mass is 15.2. The summed E-state index contributed by atoms with van der Waals surface area (Å²) in [7, 11) is 4.16. The van der Waals surface area contributed by atoms with Gasteiger partial charge in [-0.25, -0.2) is 0 Å². The van der Waals surface area contributed by atoms with Crippen LogP contribution >= 0.6 is 0 Å². The second-order valence-electron chi connectivity index (χ2n) is 5.72. The van der Waals surface area contributed by atoms with Crippen LogP contribution in [0.5, 0.6) is 0 Å². The number of fused-ring (bicyclic) bond motifs is 1. The Bertz CT molecular complexity index is 419. The number of rotatable bonds is 1. The molecule has 0 saturated carbocycles. The van der Waals surface area contributed by atoms with Crippen LogP contribution < -0.4 is 10.2 Å². The van der Waals surface area contributed by atoms with Gasteiger partial charge in [0.2, 0.25) is 0 Å². The van der Waals surface area contributed by atoms with E-state index in [0.717, 1.165) is 0 Å². The molecular weight excluding hydrogens is 196 g/mol. The third-order valence-corrected chi connectivity index (χ3v) is 4.69. The molecule has 0 atom stereocenters. The van der Waals surface area contributed by atoms with Crippen LogP contribution in [0.15, 0.2) is 18.2 Å². The molecule has 0 spiro atoms. The molecule has 88 valence electrons. The topological polar surface area (TPSA) is 15.3 Å². The number of benzene rings is 1. The van der Waals surface area contributed by atoms with Crippen LogP contribution in [0.1, 0.15) is 33.3 Å². The van der Waals surface area contributed by atoms with Crippen molar-refractivity contribution < 1.29 is 0 Å². The molecule has 1 heterocycles. The van der Waals surface area contributed by atoms with E-state index in [2.05, 4.69) is 63.2 Å². The molecule has 1 aromatic rings. The second kappa shape index (κ2) is 3.16. The van der Waals surface area contributed by atoms with Crippen molar-refractivity contribution in [1.82, 2.24) is 0 Å². The van der Waals surface area contributed by atoms with Crippen molar-refractivity contribution in [3.63, 3.8) is 0 Å². The number of nitrogens with one attached hydrogen (secondary N) is 1. The van der Waals surface area contributed by atoms with Crippen LogP contribution in [0.4, 0.5) is 11.4 Å². The van der Waals surface area contributed by atoms with E-state index in [1.807, 2.05) is 7.05 Å². The molecule has 0 amide bonds. The summed E-state index contributed by atoms with van der Waals surface area (Å²) in [5.74, 6) is 0. The van der Waals surface area contributed by atoms with E-state index in [-0.39, 0.29) is 11.0 Å². The molecule has 2 nitrogen and oxygen atoms in total. The van der Waals surface area contributed by atoms with Crippen molar-refractivity contribution in [3.05, 3.63) is 23.8 Å². The van der Waals surface area contributed by atoms with E-state index in [1.54, 1.807) is 0 Å². The minimum Gasteiger partial charge on any atom is -0.388 e. The van der Waals surface area contributed by atoms with Crippen molar-refractivity contribution in [3.8, 4) is 0 Å². The van der Waals surface area contributed by atoms with Gasteiger partial charge in [-0.2, -0.15) is 0 Å². The van der Waals surface area contributed by atoms with Crippen LogP contribution in [-0.2, 0) is 5.41 Å². The lowest BCUT2D eigenvalue weighted by atomic mass is 9.72. The third-order valence-electron chi connectivity index (χ3n) is 4.69. The average molecular weight is 218 g/mol. The first-order valence-corrected chi connectivity index (χ1v) is 5.88. The SMILES string of the molecule is CNc1ccc2c(c1)C(C)(C)C(C)(C)N2C. The fourth-order valence-electron chi connectivity index (χ4n) is 2.53. The van der Waals surface area contributed by atoms with Crippen LogP contribution in [0.2, 0.25) is 0 Å². The maximum atomic E-state index is 3.22. The Hall–Kier alpha value is -1.18. The number of hydrogen-bond donors (Lipinski definition) is 1. The zero-order valence-corrected chi connectivity index (χ0v) is 11.2. The van der Waals surface area contributed by atoms with Crippen molar-refractivity contribution in [2.45, 2.75) is 38.6 Å². The molecule has 0 saturated heterocycles. The van der Waals surface area contributed by atoms with Gasteiger partial charge in [-0.05, 0) is 37.6 Å². The Morgan fingerprint density at radius 2 is 1.75 bits per heavy atom. The Balaban J connectivity index is 2.64. The summed E-state index contributed by atoms with van der Waals surface area (Å²) in [6.07, 6.45) is 0. The van der Waals surface area contributed by atoms with Crippen molar-refractivity contribution in [2.75, 3.05) is 24.3 Å². The zero-order chi connectivity index (χ0) is 12.1. The minimum absolute atomic E-state index is 0.154. The molecule has 0 aromatic heterocycles. The first-order chi connectivity index (χ1) is 7.32. The first-order valence-electron chi connectivity index (χ1n) is 5.88. The summed E-state index contributed by atoms with van der Waals surface area (Å²) in [5, 5.41) is 3.22. The molecule has 0 radical (unpaired) electrons. The van der Waals surface area contributed by atoms with Gasteiger partial charge in [-0.3, -0.25) is 0 Å². The number of hydrogen-bond acceptors (Lipinski definition) is 2. The minimum atomic E-state index is 0.154. The molecule has 1 aliphatic heterocycles. The molecule has 2 heteroatoms. The smallest absolute Gasteiger partial charge is 0.0434 e. The van der Waals surface area contributed by atoms with Crippen LogP contribution in [0, 0.1) is 0 Å². The lowest BCUT2D eigenvalue weighted by Gasteiger charge is -2.40. The van der Waals surface area contributed by atoms with E-state index in [9.17, 15) is 0 Å². The molecule has 16 heavy (non-hydrogen) atoms. The fourth-order valence-corrected chi connectivity index (χ4v) is 2.53. The van der Waals surface area contributed by atoms with Crippen LogP contribution in [-0.4, -0.2) is 19.6 Å². The van der Waals surface area contributed by atoms with E-state index < -0.39 is 0 Å². The maximum absolute atomic E-state index is 3.22. The summed E-state index contributed by atoms with van der Waals surface area (Å²) >= 11 is 0. The van der Waals surface area contributed by atoms with E-state index >= 15 is 0 Å². The number of nitrogens with zero attached hydrogens (tertiary/aromatic N) is 1. The van der Waals surface area contributed by atoms with Crippen molar-refractivity contribution >= 4 is 11.4 Å². The molecule has 2 rings (SSSR count). The van der Waals surface area contributed by atoms with Crippen LogP contribution in [0.25, 0.3) is 0 Å². The first kappa shape index (κ1) is 11.3. The van der Waals surface area contributed by atoms with Gasteiger partial charge in [0, 0.05) is 36.4 Å². The van der Waals surface area contributed by atoms with Crippen molar-refractivity contribution in [2.24, 2.45) is 0 Å². The lowest BCUT2D eigenvalue weighted by Crippen LogP contribution is -2.49. The zero-order valence-electron chi connectivity index (χ0n) is 11.2. The fraction of sp³-hybridized carbons (Fsp3) is 0.571. The third kappa shape index (κ3) is 1.19. The van der Waals surface area contributed by atoms with E-state index in [0.29, 0.717) is 0 Å². The largest absolute Gasteiger partial charge is 0.388 e. The molecular formula is C14H22N2. The summed E-state index contributed by atoms with van der Waals surface area (Å²) in [5.41, 5.74) is 4.31. The Labute approximate surface area is 98.7 Å². The summed E-state index contributed by atoms with van der Waals surface area (Å²) in [6.45, 7) is 9.28. The van der Waals surface area contributed by atoms with Gasteiger partial charge in [0.05, 0.1) is 0 Å². The predicted molar refractivity (Wildman–Crippen MR) is 71.5 cm³/mol. The lowest BCUT2D eigenvalue weighted by molar-refractivity contribution is 0.322. The van der Waals surface area contributed by atoms with Gasteiger partial charge < -0.3 is 10.2 Å². The molecule has 1 aromatic carbocycles. The number of anilines is 2. The molecule has 1 aliphatic rings. The van der Waals surface area contributed by atoms with Gasteiger partial charge in [-0.1, -0.05) is 13.8 Å². The molecule has 0 bridgehead atoms. The monoisotopic (exact) mass is 218 g/mol. The van der Waals surface area contributed by atoms with Gasteiger partial charge in [0.25, 0.3) is 0 Å². The van der Waals surface area contributed by atoms with Gasteiger partial charge in [-0.15, -0.1) is 0 Å². The van der Waals surface area contributed by atoms with Crippen molar-refractivity contribution in [1.29, 1.82) is 0 Å². The van der Waals surface area contributed by atoms with Crippen LogP contribution in [0.3, 0.4) is 0 Å². The molecule has 0 aliphatic carbocycles. The van der Waals surface area contributed by atoms with Gasteiger partial charge in [0.1, 0.15) is 0 Å². The molecule has 1 N–H and O–H groups in total. The Kier molecular flexibility index (Phi) is 2.23. The highest BCUT2D eigenvalue weighted by molar-refractivity contribution is 5.69. The Morgan fingerprint density at radius 1 is 1.12 bits per heavy atom. The Morgan fingerprint density at radius 3 is 2.31 bits per heavy atom. The summed E-state index contributed by atoms with van der Waals surface area (Å²) < 4.78 is 0. The average Bonchev–Trinajstić information content (AvgIpc) is 2.38. The van der Waals surface area contributed by atoms with E-state index in [4.69, 9.17) is 0 Å². The predicted octanol–water partition coefficient (Wildman–Crippen LogP) is 3.23. The molecule has 0 fully saturated rings. The summed E-state index contributed by atoms with van der Waals surface area (Å²) in [6, 6.07) is 6.64. The summed E-state index contributed by atoms with van der Waals surface area (Å²) in [4.78, 5) is 2.39. The normalized spacial score (nSPS) is 20.8. The maximum Gasteiger partial charge on any atom is 0.0434 e. The standard InChI is InChI=1S/C14H22N2/c1-13(2)11-9-10(15-5)7-8-12(11)16(6)14(13,3)4/h7-9,15H,1-6H3. The van der Waals surface area contributed by atoms with Gasteiger partial charge >= 0.3 is 0 Å². The van der Waals surface area contributed by atoms with E-state index in [1.165, 1.54) is 16.9 Å². The molecule has 0 unspecified atom stereocenters.